The zero-order valence-corrected chi connectivity index (χ0v) is 18.4. The Kier molecular flexibility index (Phi) is 6.81. The molecule has 0 radical (unpaired) electrons. The summed E-state index contributed by atoms with van der Waals surface area (Å²) in [7, 11) is 0. The summed E-state index contributed by atoms with van der Waals surface area (Å²) in [6, 6.07) is 22.6. The molecule has 4 rings (SSSR count). The number of carboxylic acid groups (broad SMARTS) is 1. The number of benzene rings is 3. The lowest BCUT2D eigenvalue weighted by Gasteiger charge is -2.21. The van der Waals surface area contributed by atoms with Crippen molar-refractivity contribution in [3.05, 3.63) is 72.8 Å². The van der Waals surface area contributed by atoms with Gasteiger partial charge in [0.1, 0.15) is 11.8 Å². The van der Waals surface area contributed by atoms with Crippen LogP contribution in [0.2, 0.25) is 0 Å². The number of carboxylic acids is 1. The Hall–Kier alpha value is -3.25. The number of thioether (sulfide) groups is 1. The molecule has 2 N–H and O–H groups in total. The molecule has 1 heterocycles. The highest BCUT2D eigenvalue weighted by atomic mass is 32.2. The summed E-state index contributed by atoms with van der Waals surface area (Å²) in [6.45, 7) is 0.510. The van der Waals surface area contributed by atoms with Crippen molar-refractivity contribution in [3.8, 4) is 28.0 Å². The molecule has 0 bridgehead atoms. The fraction of sp³-hybridized carbons (Fsp3) is 0.231. The van der Waals surface area contributed by atoms with E-state index in [-0.39, 0.29) is 18.1 Å². The molecule has 1 atom stereocenters. The number of phenolic OH excluding ortho intramolecular Hbond substituents is 1. The number of carbonyl (C=O) groups excluding carboxylic acids is 1. The molecule has 164 valence electrons. The van der Waals surface area contributed by atoms with E-state index in [9.17, 15) is 19.8 Å². The number of likely N-dealkylation sites (tertiary alicyclic amines) is 1. The van der Waals surface area contributed by atoms with Gasteiger partial charge in [0, 0.05) is 34.7 Å². The van der Waals surface area contributed by atoms with Crippen molar-refractivity contribution in [2.75, 3.05) is 12.3 Å². The fourth-order valence-electron chi connectivity index (χ4n) is 4.09. The summed E-state index contributed by atoms with van der Waals surface area (Å²) >= 11 is 1.54. The molecule has 32 heavy (non-hydrogen) atoms. The Labute approximate surface area is 191 Å². The number of aromatic hydroxyl groups is 1. The third kappa shape index (κ3) is 4.81. The van der Waals surface area contributed by atoms with E-state index >= 15 is 0 Å². The van der Waals surface area contributed by atoms with E-state index in [1.165, 1.54) is 16.7 Å². The van der Waals surface area contributed by atoms with Crippen molar-refractivity contribution in [3.63, 3.8) is 0 Å². The average molecular weight is 448 g/mol. The monoisotopic (exact) mass is 447 g/mol. The quantitative estimate of drug-likeness (QED) is 0.482. The van der Waals surface area contributed by atoms with Crippen molar-refractivity contribution in [2.24, 2.45) is 0 Å². The molecule has 1 aliphatic heterocycles. The van der Waals surface area contributed by atoms with Gasteiger partial charge >= 0.3 is 5.97 Å². The molecule has 3 aromatic rings. The van der Waals surface area contributed by atoms with Crippen LogP contribution in [0.1, 0.15) is 19.3 Å². The molecule has 1 aliphatic rings. The number of hydrogen-bond donors (Lipinski definition) is 2. The predicted octanol–water partition coefficient (Wildman–Crippen LogP) is 5.28. The van der Waals surface area contributed by atoms with Crippen LogP contribution in [0.25, 0.3) is 22.3 Å². The third-order valence-corrected chi connectivity index (χ3v) is 6.67. The van der Waals surface area contributed by atoms with Crippen molar-refractivity contribution in [2.45, 2.75) is 30.2 Å². The second-order valence-corrected chi connectivity index (χ2v) is 8.95. The Balaban J connectivity index is 1.56. The van der Waals surface area contributed by atoms with Gasteiger partial charge < -0.3 is 15.1 Å². The van der Waals surface area contributed by atoms with Crippen LogP contribution in [0.3, 0.4) is 0 Å². The molecule has 3 aromatic carbocycles. The molecule has 6 heteroatoms. The third-order valence-electron chi connectivity index (χ3n) is 5.70. The fourth-order valence-corrected chi connectivity index (χ4v) is 5.00. The number of carbonyl (C=O) groups is 2. The molecule has 0 saturated carbocycles. The van der Waals surface area contributed by atoms with Gasteiger partial charge in [-0.3, -0.25) is 4.79 Å². The van der Waals surface area contributed by atoms with Gasteiger partial charge in [0.05, 0.1) is 0 Å². The zero-order chi connectivity index (χ0) is 22.5. The minimum absolute atomic E-state index is 0.118. The van der Waals surface area contributed by atoms with E-state index in [1.807, 2.05) is 72.8 Å². The molecule has 1 fully saturated rings. The van der Waals surface area contributed by atoms with Gasteiger partial charge in [-0.25, -0.2) is 4.79 Å². The Morgan fingerprint density at radius 1 is 0.938 bits per heavy atom. The number of hydrogen-bond acceptors (Lipinski definition) is 4. The lowest BCUT2D eigenvalue weighted by molar-refractivity contribution is -0.148. The van der Waals surface area contributed by atoms with Crippen LogP contribution in [0.15, 0.2) is 77.7 Å². The van der Waals surface area contributed by atoms with E-state index in [0.29, 0.717) is 18.7 Å². The topological polar surface area (TPSA) is 77.8 Å². The maximum absolute atomic E-state index is 12.6. The average Bonchev–Trinajstić information content (AvgIpc) is 3.32. The standard InChI is InChI=1S/C26H25NO4S/c28-24(27-14-7-12-23(27)26(30)31)13-15-32-20-16-21(18-8-3-1-4-9-18)25(29)22(17-20)19-10-5-2-6-11-19/h1-6,8-11,16-17,23,29H,7,12-15H2,(H,30,31)/t23-/m0/s1. The molecule has 5 nitrogen and oxygen atoms in total. The summed E-state index contributed by atoms with van der Waals surface area (Å²) in [5.74, 6) is -0.284. The maximum atomic E-state index is 12.6. The summed E-state index contributed by atoms with van der Waals surface area (Å²) < 4.78 is 0. The van der Waals surface area contributed by atoms with Crippen molar-refractivity contribution >= 4 is 23.6 Å². The number of rotatable bonds is 7. The normalized spacial score (nSPS) is 15.6. The van der Waals surface area contributed by atoms with Gasteiger partial charge in [0.2, 0.25) is 5.91 Å². The molecule has 0 spiro atoms. The summed E-state index contributed by atoms with van der Waals surface area (Å²) in [4.78, 5) is 26.4. The number of nitrogens with zero attached hydrogens (tertiary/aromatic N) is 1. The van der Waals surface area contributed by atoms with Crippen LogP contribution >= 0.6 is 11.8 Å². The Morgan fingerprint density at radius 3 is 2.03 bits per heavy atom. The molecule has 0 aromatic heterocycles. The highest BCUT2D eigenvalue weighted by Crippen LogP contribution is 2.41. The zero-order valence-electron chi connectivity index (χ0n) is 17.6. The second kappa shape index (κ2) is 9.92. The summed E-state index contributed by atoms with van der Waals surface area (Å²) in [5, 5.41) is 20.3. The first-order valence-corrected chi connectivity index (χ1v) is 11.7. The summed E-state index contributed by atoms with van der Waals surface area (Å²) in [5.41, 5.74) is 3.32. The molecular formula is C26H25NO4S. The van der Waals surface area contributed by atoms with Crippen LogP contribution in [-0.2, 0) is 9.59 Å². The Bertz CT molecular complexity index is 1040. The van der Waals surface area contributed by atoms with Gasteiger partial charge in [-0.05, 0) is 36.1 Å². The largest absolute Gasteiger partial charge is 0.507 e. The molecule has 1 amide bonds. The van der Waals surface area contributed by atoms with E-state index < -0.39 is 12.0 Å². The highest BCUT2D eigenvalue weighted by molar-refractivity contribution is 7.99. The highest BCUT2D eigenvalue weighted by Gasteiger charge is 2.33. The van der Waals surface area contributed by atoms with Gasteiger partial charge in [-0.2, -0.15) is 0 Å². The molecular weight excluding hydrogens is 422 g/mol. The van der Waals surface area contributed by atoms with Crippen molar-refractivity contribution in [1.82, 2.24) is 4.90 Å². The minimum atomic E-state index is -0.929. The van der Waals surface area contributed by atoms with Gasteiger partial charge in [-0.15, -0.1) is 11.8 Å². The van der Waals surface area contributed by atoms with Crippen LogP contribution in [0.4, 0.5) is 0 Å². The summed E-state index contributed by atoms with van der Waals surface area (Å²) in [6.07, 6.45) is 1.53. The first-order chi connectivity index (χ1) is 15.5. The molecule has 0 aliphatic carbocycles. The molecule has 1 saturated heterocycles. The number of aliphatic carboxylic acids is 1. The lowest BCUT2D eigenvalue weighted by atomic mass is 9.97. The van der Waals surface area contributed by atoms with Crippen LogP contribution in [0, 0.1) is 0 Å². The van der Waals surface area contributed by atoms with Crippen molar-refractivity contribution in [1.29, 1.82) is 0 Å². The van der Waals surface area contributed by atoms with Gasteiger partial charge in [0.25, 0.3) is 0 Å². The smallest absolute Gasteiger partial charge is 0.326 e. The second-order valence-electron chi connectivity index (χ2n) is 7.78. The lowest BCUT2D eigenvalue weighted by Crippen LogP contribution is -2.40. The van der Waals surface area contributed by atoms with E-state index in [1.54, 1.807) is 0 Å². The van der Waals surface area contributed by atoms with E-state index in [0.717, 1.165) is 33.6 Å². The minimum Gasteiger partial charge on any atom is -0.507 e. The first kappa shape index (κ1) is 22.0. The van der Waals surface area contributed by atoms with E-state index in [2.05, 4.69) is 0 Å². The number of amides is 1. The van der Waals surface area contributed by atoms with Crippen LogP contribution in [0.5, 0.6) is 5.75 Å². The van der Waals surface area contributed by atoms with Gasteiger partial charge in [0.15, 0.2) is 0 Å². The van der Waals surface area contributed by atoms with Crippen LogP contribution in [-0.4, -0.2) is 45.3 Å². The SMILES string of the molecule is O=C(O)[C@@H]1CCCN1C(=O)CCSc1cc(-c2ccccc2)c(O)c(-c2ccccc2)c1. The predicted molar refractivity (Wildman–Crippen MR) is 127 cm³/mol. The Morgan fingerprint density at radius 2 is 1.50 bits per heavy atom. The van der Waals surface area contributed by atoms with E-state index in [4.69, 9.17) is 0 Å². The van der Waals surface area contributed by atoms with Gasteiger partial charge in [-0.1, -0.05) is 60.7 Å². The maximum Gasteiger partial charge on any atom is 0.326 e. The van der Waals surface area contributed by atoms with Crippen molar-refractivity contribution < 1.29 is 19.8 Å². The molecule has 0 unspecified atom stereocenters. The first-order valence-electron chi connectivity index (χ1n) is 10.7. The number of phenols is 1. The van der Waals surface area contributed by atoms with Crippen LogP contribution < -0.4 is 0 Å².